The maximum atomic E-state index is 12.8. The molecule has 5 rings (SSSR count). The van der Waals surface area contributed by atoms with E-state index in [1.165, 1.54) is 0 Å². The molecule has 1 saturated heterocycles. The van der Waals surface area contributed by atoms with Gasteiger partial charge in [0.05, 0.1) is 6.20 Å². The number of nitrogens with zero attached hydrogens (tertiary/aromatic N) is 5. The molecule has 0 radical (unpaired) electrons. The Morgan fingerprint density at radius 1 is 1.13 bits per heavy atom. The molecule has 0 atom stereocenters. The molecule has 30 heavy (non-hydrogen) atoms. The summed E-state index contributed by atoms with van der Waals surface area (Å²) in [5.74, 6) is 0.304. The number of aromatic nitrogens is 4. The van der Waals surface area contributed by atoms with Crippen molar-refractivity contribution in [3.05, 3.63) is 66.5 Å². The fourth-order valence-electron chi connectivity index (χ4n) is 3.60. The average Bonchev–Trinajstić information content (AvgIpc) is 3.17. The van der Waals surface area contributed by atoms with E-state index in [0.717, 1.165) is 40.8 Å². The minimum atomic E-state index is -0.196. The van der Waals surface area contributed by atoms with Crippen molar-refractivity contribution in [1.29, 1.82) is 0 Å². The summed E-state index contributed by atoms with van der Waals surface area (Å²) < 4.78 is 1.67. The fraction of sp³-hybridized carbons (Fsp3) is 0.182. The van der Waals surface area contributed by atoms with Crippen molar-refractivity contribution in [3.8, 4) is 11.3 Å². The highest BCUT2D eigenvalue weighted by molar-refractivity contribution is 6.05. The Morgan fingerprint density at radius 3 is 2.77 bits per heavy atom. The van der Waals surface area contributed by atoms with Gasteiger partial charge in [-0.05, 0) is 35.7 Å². The Labute approximate surface area is 173 Å². The summed E-state index contributed by atoms with van der Waals surface area (Å²) in [5, 5.41) is 13.0. The Balaban J connectivity index is 1.38. The minimum Gasteiger partial charge on any atom is -0.368 e. The van der Waals surface area contributed by atoms with Gasteiger partial charge in [0.2, 0.25) is 0 Å². The quantitative estimate of drug-likeness (QED) is 0.546. The number of rotatable bonds is 4. The first-order valence-corrected chi connectivity index (χ1v) is 9.73. The maximum Gasteiger partial charge on any atom is 0.256 e. The van der Waals surface area contributed by atoms with Crippen LogP contribution in [0.25, 0.3) is 22.0 Å². The largest absolute Gasteiger partial charge is 0.368 e. The summed E-state index contributed by atoms with van der Waals surface area (Å²) in [5.41, 5.74) is 9.21. The molecule has 2 aromatic heterocycles. The molecule has 0 spiro atoms. The highest BCUT2D eigenvalue weighted by Gasteiger charge is 2.23. The molecule has 150 valence electrons. The summed E-state index contributed by atoms with van der Waals surface area (Å²) >= 11 is 0. The van der Waals surface area contributed by atoms with E-state index in [-0.39, 0.29) is 11.9 Å². The van der Waals surface area contributed by atoms with Crippen molar-refractivity contribution in [1.82, 2.24) is 20.0 Å². The molecule has 4 aromatic rings. The second kappa shape index (κ2) is 7.23. The maximum absolute atomic E-state index is 12.8. The van der Waals surface area contributed by atoms with Gasteiger partial charge in [-0.15, -0.1) is 5.10 Å². The molecule has 8 nitrogen and oxygen atoms in total. The Bertz CT molecular complexity index is 1240. The molecule has 1 amide bonds. The number of nitrogens with one attached hydrogen (secondary N) is 1. The van der Waals surface area contributed by atoms with Crippen LogP contribution < -0.4 is 16.0 Å². The van der Waals surface area contributed by atoms with Crippen LogP contribution in [0.3, 0.4) is 0 Å². The molecule has 1 fully saturated rings. The molecule has 0 aliphatic carbocycles. The van der Waals surface area contributed by atoms with E-state index in [0.29, 0.717) is 11.4 Å². The number of carbonyl (C=O) groups is 1. The summed E-state index contributed by atoms with van der Waals surface area (Å²) in [7, 11) is 1.83. The lowest BCUT2D eigenvalue weighted by Crippen LogP contribution is -2.55. The smallest absolute Gasteiger partial charge is 0.256 e. The molecule has 1 aliphatic rings. The van der Waals surface area contributed by atoms with Crippen LogP contribution in [0.4, 0.5) is 11.5 Å². The van der Waals surface area contributed by atoms with Crippen LogP contribution in [0.1, 0.15) is 10.4 Å². The van der Waals surface area contributed by atoms with Gasteiger partial charge < -0.3 is 16.0 Å². The first kappa shape index (κ1) is 18.3. The van der Waals surface area contributed by atoms with Crippen LogP contribution in [0.5, 0.6) is 0 Å². The third-order valence-electron chi connectivity index (χ3n) is 5.25. The number of hydrogen-bond acceptors (Lipinski definition) is 6. The van der Waals surface area contributed by atoms with Crippen molar-refractivity contribution in [2.75, 3.05) is 23.3 Å². The lowest BCUT2D eigenvalue weighted by atomic mass is 10.1. The zero-order valence-corrected chi connectivity index (χ0v) is 16.5. The number of nitrogens with two attached hydrogens (primary N) is 1. The standard InChI is InChI=1S/C22H21N7O/c1-28-13-20(26-27-28)14-5-6-16-10-24-21(9-17(16)7-14)25-22(30)15-3-2-4-19(8-15)29-11-18(23)12-29/h2-10,13,18H,11-12,23H2,1H3,(H,24,25,30). The van der Waals surface area contributed by atoms with Gasteiger partial charge >= 0.3 is 0 Å². The number of anilines is 2. The highest BCUT2D eigenvalue weighted by Crippen LogP contribution is 2.25. The highest BCUT2D eigenvalue weighted by atomic mass is 16.1. The SMILES string of the molecule is Cn1cc(-c2ccc3cnc(NC(=O)c4cccc(N5CC(N)C5)c4)cc3c2)nn1. The molecule has 0 saturated carbocycles. The van der Waals surface area contributed by atoms with Gasteiger partial charge in [0, 0.05) is 54.6 Å². The van der Waals surface area contributed by atoms with Gasteiger partial charge in [-0.1, -0.05) is 23.4 Å². The van der Waals surface area contributed by atoms with Gasteiger partial charge in [0.15, 0.2) is 0 Å². The number of carbonyl (C=O) groups excluding carboxylic acids is 1. The van der Waals surface area contributed by atoms with Crippen LogP contribution in [0.2, 0.25) is 0 Å². The predicted molar refractivity (Wildman–Crippen MR) is 116 cm³/mol. The summed E-state index contributed by atoms with van der Waals surface area (Å²) in [6, 6.07) is 15.6. The normalized spacial score (nSPS) is 14.0. The molecular formula is C22H21N7O. The molecule has 2 aromatic carbocycles. The third-order valence-corrected chi connectivity index (χ3v) is 5.25. The lowest BCUT2D eigenvalue weighted by Gasteiger charge is -2.38. The number of aryl methyl sites for hydroxylation is 1. The van der Waals surface area contributed by atoms with Crippen LogP contribution in [0, 0.1) is 0 Å². The van der Waals surface area contributed by atoms with Crippen molar-refractivity contribution in [2.24, 2.45) is 12.8 Å². The van der Waals surface area contributed by atoms with Gasteiger partial charge in [0.1, 0.15) is 11.5 Å². The second-order valence-electron chi connectivity index (χ2n) is 7.58. The van der Waals surface area contributed by atoms with E-state index in [4.69, 9.17) is 5.73 Å². The number of fused-ring (bicyclic) bond motifs is 1. The van der Waals surface area contributed by atoms with E-state index in [9.17, 15) is 4.79 Å². The monoisotopic (exact) mass is 399 g/mol. The van der Waals surface area contributed by atoms with Crippen LogP contribution in [-0.4, -0.2) is 45.0 Å². The molecule has 8 heteroatoms. The zero-order chi connectivity index (χ0) is 20.7. The first-order chi connectivity index (χ1) is 14.5. The molecular weight excluding hydrogens is 378 g/mol. The van der Waals surface area contributed by atoms with Crippen molar-refractivity contribution < 1.29 is 4.79 Å². The van der Waals surface area contributed by atoms with Crippen molar-refractivity contribution >= 4 is 28.2 Å². The Hall–Kier alpha value is -3.78. The van der Waals surface area contributed by atoms with E-state index < -0.39 is 0 Å². The summed E-state index contributed by atoms with van der Waals surface area (Å²) in [6.45, 7) is 1.62. The van der Waals surface area contributed by atoms with E-state index in [1.54, 1.807) is 16.9 Å². The summed E-state index contributed by atoms with van der Waals surface area (Å²) in [4.78, 5) is 19.3. The third kappa shape index (κ3) is 3.48. The first-order valence-electron chi connectivity index (χ1n) is 9.73. The average molecular weight is 399 g/mol. The zero-order valence-electron chi connectivity index (χ0n) is 16.5. The van der Waals surface area contributed by atoms with Crippen LogP contribution >= 0.6 is 0 Å². The molecule has 1 aliphatic heterocycles. The molecule has 3 N–H and O–H groups in total. The number of pyridine rings is 1. The van der Waals surface area contributed by atoms with Gasteiger partial charge in [-0.25, -0.2) is 4.98 Å². The predicted octanol–water partition coefficient (Wildman–Crippen LogP) is 2.43. The molecule has 0 bridgehead atoms. The molecule has 3 heterocycles. The summed E-state index contributed by atoms with van der Waals surface area (Å²) in [6.07, 6.45) is 3.62. The lowest BCUT2D eigenvalue weighted by molar-refractivity contribution is 0.102. The van der Waals surface area contributed by atoms with Gasteiger partial charge in [0.25, 0.3) is 5.91 Å². The van der Waals surface area contributed by atoms with Crippen molar-refractivity contribution in [2.45, 2.75) is 6.04 Å². The van der Waals surface area contributed by atoms with E-state index in [1.807, 2.05) is 55.7 Å². The van der Waals surface area contributed by atoms with Crippen molar-refractivity contribution in [3.63, 3.8) is 0 Å². The number of benzene rings is 2. The minimum absolute atomic E-state index is 0.196. The van der Waals surface area contributed by atoms with E-state index >= 15 is 0 Å². The van der Waals surface area contributed by atoms with Gasteiger partial charge in [-0.2, -0.15) is 0 Å². The van der Waals surface area contributed by atoms with E-state index in [2.05, 4.69) is 25.5 Å². The topological polar surface area (TPSA) is 102 Å². The number of amides is 1. The van der Waals surface area contributed by atoms with Crippen LogP contribution in [-0.2, 0) is 7.05 Å². The van der Waals surface area contributed by atoms with Gasteiger partial charge in [-0.3, -0.25) is 9.48 Å². The number of hydrogen-bond donors (Lipinski definition) is 2. The van der Waals surface area contributed by atoms with Crippen LogP contribution in [0.15, 0.2) is 60.9 Å². The molecule has 0 unspecified atom stereocenters. The fourth-order valence-corrected chi connectivity index (χ4v) is 3.60. The Kier molecular flexibility index (Phi) is 4.40. The Morgan fingerprint density at radius 2 is 2.00 bits per heavy atom. The second-order valence-corrected chi connectivity index (χ2v) is 7.58.